The Bertz CT molecular complexity index is 961. The highest BCUT2D eigenvalue weighted by molar-refractivity contribution is 6.34. The normalized spacial score (nSPS) is 14.9. The number of rotatable bonds is 4. The number of aromatic nitrogens is 1. The van der Waals surface area contributed by atoms with Crippen LogP contribution < -0.4 is 11.1 Å². The predicted octanol–water partition coefficient (Wildman–Crippen LogP) is 5.60. The first-order valence-corrected chi connectivity index (χ1v) is 9.26. The van der Waals surface area contributed by atoms with Crippen LogP contribution in [0.15, 0.2) is 35.5 Å². The number of ether oxygens (including phenoxy) is 1. The molecular weight excluding hydrogens is 485 g/mol. The highest BCUT2D eigenvalue weighted by Gasteiger charge is 2.21. The number of nitrogens with two attached hydrogens (primary N) is 1. The van der Waals surface area contributed by atoms with E-state index in [4.69, 9.17) is 22.1 Å². The first kappa shape index (κ1) is 27.9. The van der Waals surface area contributed by atoms with Crippen LogP contribution in [0.2, 0.25) is 5.02 Å². The van der Waals surface area contributed by atoms with Crippen molar-refractivity contribution < 1.29 is 40.3 Å². The molecule has 1 aromatic heterocycles. The lowest BCUT2D eigenvalue weighted by Gasteiger charge is -2.20. The number of benzene rings is 1. The SMILES string of the molecule is CF.FC(F)F.NC1=NC(c2cc(NC(=O)c3ncc(C(F)F)cc3Cl)ccc2F)CCO1. The van der Waals surface area contributed by atoms with Gasteiger partial charge >= 0.3 is 6.68 Å². The lowest BCUT2D eigenvalue weighted by atomic mass is 10.0. The number of pyridine rings is 1. The number of carbonyl (C=O) groups excluding carboxylic acids is 1. The van der Waals surface area contributed by atoms with E-state index in [9.17, 15) is 35.5 Å². The second kappa shape index (κ2) is 13.5. The highest BCUT2D eigenvalue weighted by Crippen LogP contribution is 2.29. The van der Waals surface area contributed by atoms with E-state index in [0.717, 1.165) is 12.3 Å². The van der Waals surface area contributed by atoms with Crippen LogP contribution in [0.3, 0.4) is 0 Å². The molecular formula is C19H18ClF7N4O2. The molecule has 0 saturated heterocycles. The quantitative estimate of drug-likeness (QED) is 0.532. The molecule has 0 spiro atoms. The third-order valence-corrected chi connectivity index (χ3v) is 4.15. The summed E-state index contributed by atoms with van der Waals surface area (Å²) in [6, 6.07) is 4.36. The summed E-state index contributed by atoms with van der Waals surface area (Å²) in [6.07, 6.45) is -1.45. The minimum atomic E-state index is -3.67. The molecule has 1 amide bonds. The van der Waals surface area contributed by atoms with E-state index in [-0.39, 0.29) is 28.0 Å². The lowest BCUT2D eigenvalue weighted by molar-refractivity contribution is 0.00818. The van der Waals surface area contributed by atoms with Crippen LogP contribution >= 0.6 is 11.6 Å². The van der Waals surface area contributed by atoms with Gasteiger partial charge < -0.3 is 15.8 Å². The molecule has 3 N–H and O–H groups in total. The maximum Gasteiger partial charge on any atom is 0.379 e. The molecule has 33 heavy (non-hydrogen) atoms. The second-order valence-electron chi connectivity index (χ2n) is 5.96. The summed E-state index contributed by atoms with van der Waals surface area (Å²) in [5.74, 6) is -1.22. The number of nitrogens with zero attached hydrogens (tertiary/aromatic N) is 2. The van der Waals surface area contributed by atoms with Gasteiger partial charge in [0.05, 0.1) is 24.8 Å². The fourth-order valence-electron chi connectivity index (χ4n) is 2.56. The predicted molar refractivity (Wildman–Crippen MR) is 108 cm³/mol. The molecule has 0 saturated carbocycles. The van der Waals surface area contributed by atoms with Crippen LogP contribution in [-0.2, 0) is 4.74 Å². The van der Waals surface area contributed by atoms with Crippen molar-refractivity contribution in [3.63, 3.8) is 0 Å². The van der Waals surface area contributed by atoms with Crippen LogP contribution in [0.4, 0.5) is 36.4 Å². The van der Waals surface area contributed by atoms with Gasteiger partial charge in [-0.15, -0.1) is 0 Å². The minimum Gasteiger partial charge on any atom is -0.465 e. The molecule has 2 aromatic rings. The summed E-state index contributed by atoms with van der Waals surface area (Å²) in [7, 11) is 0.500. The van der Waals surface area contributed by atoms with Crippen LogP contribution in [0, 0.1) is 5.82 Å². The third-order valence-electron chi connectivity index (χ3n) is 3.87. The van der Waals surface area contributed by atoms with Crippen molar-refractivity contribution in [3.8, 4) is 0 Å². The van der Waals surface area contributed by atoms with Gasteiger partial charge in [0.1, 0.15) is 11.5 Å². The van der Waals surface area contributed by atoms with Crippen LogP contribution in [0.1, 0.15) is 40.5 Å². The van der Waals surface area contributed by atoms with E-state index >= 15 is 0 Å². The molecule has 1 aromatic carbocycles. The Morgan fingerprint density at radius 2 is 1.85 bits per heavy atom. The van der Waals surface area contributed by atoms with Gasteiger partial charge in [-0.05, 0) is 24.3 Å². The zero-order chi connectivity index (χ0) is 25.1. The number of amides is 1. The first-order chi connectivity index (χ1) is 15.6. The third kappa shape index (κ3) is 8.75. The van der Waals surface area contributed by atoms with Gasteiger partial charge in [0, 0.05) is 29.4 Å². The summed E-state index contributed by atoms with van der Waals surface area (Å²) in [5.41, 5.74) is 5.41. The van der Waals surface area contributed by atoms with Crippen LogP contribution in [0.25, 0.3) is 0 Å². The Balaban J connectivity index is 0.000000820. The van der Waals surface area contributed by atoms with Crippen molar-refractivity contribution in [2.24, 2.45) is 10.7 Å². The largest absolute Gasteiger partial charge is 0.465 e. The molecule has 0 bridgehead atoms. The smallest absolute Gasteiger partial charge is 0.379 e. The summed E-state index contributed by atoms with van der Waals surface area (Å²) in [4.78, 5) is 20.1. The van der Waals surface area contributed by atoms with Crippen molar-refractivity contribution >= 4 is 29.2 Å². The summed E-state index contributed by atoms with van der Waals surface area (Å²) in [5, 5.41) is 2.30. The van der Waals surface area contributed by atoms with E-state index in [1.807, 2.05) is 0 Å². The van der Waals surface area contributed by atoms with E-state index in [0.29, 0.717) is 20.2 Å². The molecule has 0 fully saturated rings. The molecule has 0 aliphatic carbocycles. The molecule has 1 aliphatic heterocycles. The Morgan fingerprint density at radius 3 is 2.39 bits per heavy atom. The Hall–Kier alpha value is -3.09. The van der Waals surface area contributed by atoms with Crippen molar-refractivity contribution in [2.75, 3.05) is 19.1 Å². The topological polar surface area (TPSA) is 89.6 Å². The Kier molecular flexibility index (Phi) is 11.4. The molecule has 2 heterocycles. The number of halogens is 8. The fraction of sp³-hybridized carbons (Fsp3) is 0.316. The van der Waals surface area contributed by atoms with Gasteiger partial charge in [-0.25, -0.2) is 23.1 Å². The summed E-state index contributed by atoms with van der Waals surface area (Å²) < 4.78 is 83.0. The highest BCUT2D eigenvalue weighted by atomic mass is 35.5. The second-order valence-corrected chi connectivity index (χ2v) is 6.37. The molecule has 6 nitrogen and oxygen atoms in total. The van der Waals surface area contributed by atoms with Gasteiger partial charge in [0.2, 0.25) is 0 Å². The number of amidine groups is 1. The number of hydrogen-bond acceptors (Lipinski definition) is 5. The zero-order valence-electron chi connectivity index (χ0n) is 16.8. The standard InChI is InChI=1S/C17H14ClF3N4O2.CHF3.CH3F/c18-11-5-8(15(20)21)7-23-14(11)16(26)24-9-1-2-12(19)10(6-9)13-3-4-27-17(22)25-13;2-1(3)4;1-2/h1-2,5-7,13,15H,3-4H2,(H2,22,25)(H,24,26);1H;1H3. The number of carbonyl (C=O) groups is 1. The minimum absolute atomic E-state index is 0.0322. The van der Waals surface area contributed by atoms with E-state index in [2.05, 4.69) is 15.3 Å². The Morgan fingerprint density at radius 1 is 1.21 bits per heavy atom. The molecule has 0 radical (unpaired) electrons. The Labute approximate surface area is 188 Å². The number of nitrogens with one attached hydrogen (secondary N) is 1. The number of aliphatic imine (C=N–C) groups is 1. The van der Waals surface area contributed by atoms with Crippen LogP contribution in [-0.4, -0.2) is 37.4 Å². The van der Waals surface area contributed by atoms with Crippen LogP contribution in [0.5, 0.6) is 0 Å². The molecule has 3 rings (SSSR count). The average molecular weight is 503 g/mol. The lowest BCUT2D eigenvalue weighted by Crippen LogP contribution is -2.24. The number of alkyl halides is 6. The van der Waals surface area contributed by atoms with Gasteiger partial charge in [0.15, 0.2) is 0 Å². The molecule has 14 heteroatoms. The number of hydrogen-bond donors (Lipinski definition) is 2. The summed E-state index contributed by atoms with van der Waals surface area (Å²) in [6.45, 7) is -3.37. The fourth-order valence-corrected chi connectivity index (χ4v) is 2.82. The van der Waals surface area contributed by atoms with E-state index in [1.165, 1.54) is 18.2 Å². The summed E-state index contributed by atoms with van der Waals surface area (Å²) >= 11 is 5.87. The van der Waals surface area contributed by atoms with Crippen molar-refractivity contribution in [1.82, 2.24) is 4.98 Å². The van der Waals surface area contributed by atoms with Gasteiger partial charge in [-0.3, -0.25) is 9.18 Å². The zero-order valence-corrected chi connectivity index (χ0v) is 17.6. The molecule has 1 unspecified atom stereocenters. The van der Waals surface area contributed by atoms with Gasteiger partial charge in [-0.1, -0.05) is 11.6 Å². The molecule has 182 valence electrons. The molecule has 1 atom stereocenters. The van der Waals surface area contributed by atoms with Gasteiger partial charge in [0.25, 0.3) is 18.4 Å². The van der Waals surface area contributed by atoms with Crippen molar-refractivity contribution in [1.29, 1.82) is 0 Å². The van der Waals surface area contributed by atoms with Crippen molar-refractivity contribution in [2.45, 2.75) is 25.6 Å². The average Bonchev–Trinajstić information content (AvgIpc) is 2.76. The maximum atomic E-state index is 14.2. The van der Waals surface area contributed by atoms with Crippen molar-refractivity contribution in [3.05, 3.63) is 58.1 Å². The van der Waals surface area contributed by atoms with E-state index in [1.54, 1.807) is 0 Å². The monoisotopic (exact) mass is 502 g/mol. The molecule has 1 aliphatic rings. The maximum absolute atomic E-state index is 14.2. The first-order valence-electron chi connectivity index (χ1n) is 8.89. The van der Waals surface area contributed by atoms with E-state index < -0.39 is 36.4 Å². The van der Waals surface area contributed by atoms with Gasteiger partial charge in [-0.2, -0.15) is 13.2 Å². The number of anilines is 1.